The summed E-state index contributed by atoms with van der Waals surface area (Å²) in [7, 11) is 0. The first-order valence-corrected chi connectivity index (χ1v) is 23.9. The monoisotopic (exact) mass is 918 g/mol. The van der Waals surface area contributed by atoms with Gasteiger partial charge < -0.3 is 29.9 Å². The normalized spacial score (nSPS) is 22.5. The van der Waals surface area contributed by atoms with E-state index in [2.05, 4.69) is 69.5 Å². The molecule has 5 aromatic rings. The molecule has 11 rings (SSSR count). The highest BCUT2D eigenvalue weighted by Crippen LogP contribution is 2.37. The maximum atomic E-state index is 13.5. The molecule has 1 saturated carbocycles. The number of piperazine rings is 1. The number of imidazole rings is 1. The highest BCUT2D eigenvalue weighted by atomic mass is 16.2. The van der Waals surface area contributed by atoms with Gasteiger partial charge in [-0.1, -0.05) is 30.3 Å². The first-order chi connectivity index (χ1) is 33.1. The van der Waals surface area contributed by atoms with Crippen LogP contribution in [0.3, 0.4) is 0 Å². The Morgan fingerprint density at radius 3 is 2.24 bits per heavy atom. The summed E-state index contributed by atoms with van der Waals surface area (Å²) in [6, 6.07) is 22.7. The van der Waals surface area contributed by atoms with Gasteiger partial charge in [0.25, 0.3) is 11.8 Å². The number of nitrogens with zero attached hydrogens (tertiary/aromatic N) is 9. The number of piperidine rings is 2. The first-order valence-electron chi connectivity index (χ1n) is 23.9. The summed E-state index contributed by atoms with van der Waals surface area (Å²) in [6.07, 6.45) is 7.84. The molecule has 6 amide bonds. The Bertz CT molecular complexity index is 2770. The van der Waals surface area contributed by atoms with Crippen LogP contribution in [0.1, 0.15) is 70.8 Å². The number of imide groups is 2. The molecular weight excluding hydrogens is 865 g/mol. The van der Waals surface area contributed by atoms with Crippen molar-refractivity contribution in [3.63, 3.8) is 0 Å². The molecular formula is C50H54N12O6. The third kappa shape index (κ3) is 8.52. The molecule has 2 aromatic heterocycles. The topological polar surface area (TPSA) is 198 Å². The van der Waals surface area contributed by atoms with Crippen LogP contribution in [0.15, 0.2) is 85.5 Å². The molecule has 5 fully saturated rings. The van der Waals surface area contributed by atoms with E-state index in [1.54, 1.807) is 24.5 Å². The van der Waals surface area contributed by atoms with E-state index in [0.29, 0.717) is 49.9 Å². The summed E-state index contributed by atoms with van der Waals surface area (Å²) in [5.74, 6) is -0.773. The fraction of sp³-hybridized carbons (Fsp3) is 0.420. The predicted octanol–water partition coefficient (Wildman–Crippen LogP) is 3.53. The summed E-state index contributed by atoms with van der Waals surface area (Å²) < 4.78 is 2.10. The van der Waals surface area contributed by atoms with Crippen LogP contribution < -0.4 is 25.8 Å². The number of hydrogen-bond donors (Lipinski definition) is 3. The van der Waals surface area contributed by atoms with Crippen molar-refractivity contribution in [1.29, 1.82) is 0 Å². The minimum Gasteiger partial charge on any atom is -0.372 e. The molecule has 1 aliphatic carbocycles. The predicted molar refractivity (Wildman–Crippen MR) is 252 cm³/mol. The van der Waals surface area contributed by atoms with Gasteiger partial charge >= 0.3 is 0 Å². The molecule has 68 heavy (non-hydrogen) atoms. The molecule has 4 saturated heterocycles. The van der Waals surface area contributed by atoms with E-state index in [-0.39, 0.29) is 53.8 Å². The first kappa shape index (κ1) is 43.4. The third-order valence-electron chi connectivity index (χ3n) is 14.8. The number of hydrogen-bond acceptors (Lipinski definition) is 13. The van der Waals surface area contributed by atoms with Crippen molar-refractivity contribution in [2.75, 3.05) is 74.0 Å². The Hall–Kier alpha value is -7.21. The van der Waals surface area contributed by atoms with Crippen molar-refractivity contribution in [2.45, 2.75) is 63.1 Å². The van der Waals surface area contributed by atoms with Crippen LogP contribution in [-0.4, -0.2) is 141 Å². The van der Waals surface area contributed by atoms with Crippen LogP contribution in [0.25, 0.3) is 11.2 Å². The van der Waals surface area contributed by atoms with Gasteiger partial charge in [0, 0.05) is 94.5 Å². The summed E-state index contributed by atoms with van der Waals surface area (Å²) >= 11 is 0. The van der Waals surface area contributed by atoms with E-state index in [4.69, 9.17) is 0 Å². The zero-order valence-corrected chi connectivity index (χ0v) is 37.8. The summed E-state index contributed by atoms with van der Waals surface area (Å²) in [5.41, 5.74) is 5.86. The lowest BCUT2D eigenvalue weighted by Crippen LogP contribution is -2.58. The van der Waals surface area contributed by atoms with Crippen LogP contribution >= 0.6 is 0 Å². The second kappa shape index (κ2) is 18.1. The molecule has 7 heterocycles. The number of benzene rings is 3. The molecule has 18 heteroatoms. The summed E-state index contributed by atoms with van der Waals surface area (Å²) in [5, 5.41) is 8.85. The highest BCUT2D eigenvalue weighted by molar-refractivity contribution is 6.23. The van der Waals surface area contributed by atoms with Gasteiger partial charge in [0.2, 0.25) is 23.6 Å². The minimum absolute atomic E-state index is 0.0427. The van der Waals surface area contributed by atoms with E-state index in [1.165, 1.54) is 5.69 Å². The molecule has 5 aliphatic heterocycles. The van der Waals surface area contributed by atoms with E-state index in [9.17, 15) is 28.8 Å². The number of aromatic nitrogens is 4. The molecule has 0 spiro atoms. The number of amides is 6. The van der Waals surface area contributed by atoms with Gasteiger partial charge in [-0.25, -0.2) is 15.0 Å². The Morgan fingerprint density at radius 1 is 0.750 bits per heavy atom. The number of carbonyl (C=O) groups excluding carboxylic acids is 6. The zero-order valence-electron chi connectivity index (χ0n) is 37.8. The average molecular weight is 919 g/mol. The van der Waals surface area contributed by atoms with E-state index < -0.39 is 29.7 Å². The fourth-order valence-corrected chi connectivity index (χ4v) is 10.7. The highest BCUT2D eigenvalue weighted by Gasteiger charge is 2.45. The largest absolute Gasteiger partial charge is 0.372 e. The standard InChI is InChI=1S/C50H54N12O6/c63-42-13-12-41(47(65)56-42)62-49(67)39-11-10-37(25-40(39)50(62)68)60-27-33(28-60)48(66)59-20-18-57(19-21-59)26-32-14-16-58(17-15-32)36-8-6-34(7-9-36)55-45-44-46(52-29-51-45)61(30-53-44)38-23-35(24-38)54-43(64)22-31-4-2-1-3-5-31/h1-11,25,29-30,32-33,35,38,41H,12-24,26-28H2,(H,54,64)(H,51,52,55)(H,56,63,65)/t35?,38?,41-/m0/s1. The van der Waals surface area contributed by atoms with Gasteiger partial charge in [-0.05, 0) is 86.1 Å². The lowest BCUT2D eigenvalue weighted by molar-refractivity contribution is -0.138. The maximum Gasteiger partial charge on any atom is 0.262 e. The van der Waals surface area contributed by atoms with Gasteiger partial charge in [0.05, 0.1) is 29.8 Å². The van der Waals surface area contributed by atoms with E-state index in [1.807, 2.05) is 46.5 Å². The number of nitrogens with one attached hydrogen (secondary N) is 3. The molecule has 6 aliphatic rings. The molecule has 0 unspecified atom stereocenters. The van der Waals surface area contributed by atoms with Crippen molar-refractivity contribution < 1.29 is 28.8 Å². The molecule has 0 bridgehead atoms. The van der Waals surface area contributed by atoms with Crippen molar-refractivity contribution in [3.8, 4) is 0 Å². The fourth-order valence-electron chi connectivity index (χ4n) is 10.7. The van der Waals surface area contributed by atoms with Crippen molar-refractivity contribution in [3.05, 3.63) is 102 Å². The molecule has 18 nitrogen and oxygen atoms in total. The van der Waals surface area contributed by atoms with Crippen LogP contribution in [0.2, 0.25) is 0 Å². The summed E-state index contributed by atoms with van der Waals surface area (Å²) in [6.45, 7) is 7.22. The van der Waals surface area contributed by atoms with E-state index in [0.717, 1.165) is 85.9 Å². The lowest BCUT2D eigenvalue weighted by atomic mass is 9.86. The lowest BCUT2D eigenvalue weighted by Gasteiger charge is -2.44. The van der Waals surface area contributed by atoms with Gasteiger partial charge in [0.1, 0.15) is 12.4 Å². The molecule has 1 atom stereocenters. The Kier molecular flexibility index (Phi) is 11.6. The minimum atomic E-state index is -1.01. The number of anilines is 4. The second-order valence-corrected chi connectivity index (χ2v) is 19.1. The van der Waals surface area contributed by atoms with Crippen LogP contribution in [-0.2, 0) is 25.6 Å². The maximum absolute atomic E-state index is 13.5. The number of fused-ring (bicyclic) bond motifs is 2. The quantitative estimate of drug-likeness (QED) is 0.154. The van der Waals surface area contributed by atoms with Gasteiger partial charge in [-0.15, -0.1) is 0 Å². The Morgan fingerprint density at radius 2 is 1.49 bits per heavy atom. The number of rotatable bonds is 12. The summed E-state index contributed by atoms with van der Waals surface area (Å²) in [4.78, 5) is 100. The van der Waals surface area contributed by atoms with Crippen LogP contribution in [0.5, 0.6) is 0 Å². The van der Waals surface area contributed by atoms with Gasteiger partial charge in [-0.3, -0.25) is 43.9 Å². The average Bonchev–Trinajstić information content (AvgIpc) is 3.86. The Balaban J connectivity index is 0.602. The van der Waals surface area contributed by atoms with Crippen molar-refractivity contribution in [1.82, 2.24) is 44.9 Å². The number of carbonyl (C=O) groups is 6. The third-order valence-corrected chi connectivity index (χ3v) is 14.8. The Labute approximate surface area is 393 Å². The van der Waals surface area contributed by atoms with E-state index >= 15 is 0 Å². The molecule has 3 N–H and O–H groups in total. The van der Waals surface area contributed by atoms with Gasteiger partial charge in [-0.2, -0.15) is 0 Å². The molecule has 0 radical (unpaired) electrons. The smallest absolute Gasteiger partial charge is 0.262 e. The molecule has 350 valence electrons. The van der Waals surface area contributed by atoms with Crippen LogP contribution in [0.4, 0.5) is 22.9 Å². The van der Waals surface area contributed by atoms with Crippen molar-refractivity contribution >= 4 is 69.5 Å². The zero-order chi connectivity index (χ0) is 46.5. The second-order valence-electron chi connectivity index (χ2n) is 19.1. The van der Waals surface area contributed by atoms with Crippen molar-refractivity contribution in [2.24, 2.45) is 11.8 Å². The van der Waals surface area contributed by atoms with Gasteiger partial charge in [0.15, 0.2) is 17.0 Å². The molecule has 3 aromatic carbocycles. The van der Waals surface area contributed by atoms with Crippen LogP contribution in [0, 0.1) is 11.8 Å². The SMILES string of the molecule is O=C1CC[C@H](N2C(=O)c3ccc(N4CC(C(=O)N5CCN(CC6CCN(c7ccc(Nc8ncnc9c8ncn9C8CC(NC(=O)Cc9ccccc9)C8)cc7)CC6)CC5)C4)cc3C2=O)C(=O)N1.